The van der Waals surface area contributed by atoms with Crippen molar-refractivity contribution in [3.63, 3.8) is 0 Å². The van der Waals surface area contributed by atoms with Gasteiger partial charge in [0.1, 0.15) is 0 Å². The van der Waals surface area contributed by atoms with E-state index in [2.05, 4.69) is 30.8 Å². The molecular weight excluding hydrogens is 208 g/mol. The highest BCUT2D eigenvalue weighted by Crippen LogP contribution is 2.40. The van der Waals surface area contributed by atoms with Gasteiger partial charge in [-0.05, 0) is 37.0 Å². The van der Waals surface area contributed by atoms with Crippen LogP contribution in [0.4, 0.5) is 0 Å². The summed E-state index contributed by atoms with van der Waals surface area (Å²) < 4.78 is 0. The summed E-state index contributed by atoms with van der Waals surface area (Å²) in [5.74, 6) is 0.773. The molecule has 0 spiro atoms. The Morgan fingerprint density at radius 1 is 1.00 bits per heavy atom. The average molecular weight is 234 g/mol. The van der Waals surface area contributed by atoms with Gasteiger partial charge in [0.25, 0.3) is 0 Å². The van der Waals surface area contributed by atoms with Gasteiger partial charge in [0, 0.05) is 12.4 Å². The summed E-state index contributed by atoms with van der Waals surface area (Å²) in [6.45, 7) is 7.21. The molecule has 2 heteroatoms. The van der Waals surface area contributed by atoms with Gasteiger partial charge in [0.05, 0.1) is 12.1 Å². The van der Waals surface area contributed by atoms with Crippen LogP contribution in [0.1, 0.15) is 59.3 Å². The van der Waals surface area contributed by atoms with Crippen molar-refractivity contribution in [1.29, 1.82) is 0 Å². The topological polar surface area (TPSA) is 24.7 Å². The number of hydrogen-bond acceptors (Lipinski definition) is 2. The van der Waals surface area contributed by atoms with Gasteiger partial charge in [-0.3, -0.25) is 9.98 Å². The predicted octanol–water partition coefficient (Wildman–Crippen LogP) is 3.90. The van der Waals surface area contributed by atoms with Crippen LogP contribution in [0.15, 0.2) is 9.98 Å². The van der Waals surface area contributed by atoms with Crippen molar-refractivity contribution in [1.82, 2.24) is 0 Å². The Morgan fingerprint density at radius 3 is 2.29 bits per heavy atom. The maximum Gasteiger partial charge on any atom is 0.0723 e. The van der Waals surface area contributed by atoms with Crippen molar-refractivity contribution >= 4 is 12.4 Å². The van der Waals surface area contributed by atoms with E-state index in [1.165, 1.54) is 38.5 Å². The monoisotopic (exact) mass is 234 g/mol. The first kappa shape index (κ1) is 12.8. The van der Waals surface area contributed by atoms with E-state index in [9.17, 15) is 0 Å². The third-order valence-electron chi connectivity index (χ3n) is 4.97. The molecule has 3 unspecified atom stereocenters. The van der Waals surface area contributed by atoms with Gasteiger partial charge in [-0.25, -0.2) is 0 Å². The van der Waals surface area contributed by atoms with Crippen LogP contribution in [-0.2, 0) is 0 Å². The summed E-state index contributed by atoms with van der Waals surface area (Å²) in [6.07, 6.45) is 11.6. The molecule has 0 N–H and O–H groups in total. The molecule has 0 aromatic heterocycles. The minimum atomic E-state index is 0.455. The fourth-order valence-corrected chi connectivity index (χ4v) is 3.09. The second-order valence-corrected chi connectivity index (χ2v) is 6.32. The molecule has 1 aliphatic heterocycles. The second-order valence-electron chi connectivity index (χ2n) is 6.32. The predicted molar refractivity (Wildman–Crippen MR) is 75.2 cm³/mol. The van der Waals surface area contributed by atoms with Crippen molar-refractivity contribution in [2.45, 2.75) is 71.4 Å². The van der Waals surface area contributed by atoms with Gasteiger partial charge in [-0.15, -0.1) is 0 Å². The second kappa shape index (κ2) is 5.32. The first-order valence-corrected chi connectivity index (χ1v) is 7.17. The van der Waals surface area contributed by atoms with Gasteiger partial charge in [0.15, 0.2) is 0 Å². The molecule has 3 atom stereocenters. The van der Waals surface area contributed by atoms with Crippen LogP contribution >= 0.6 is 0 Å². The number of aliphatic imine (C=N–C) groups is 2. The largest absolute Gasteiger partial charge is 0.286 e. The zero-order chi connectivity index (χ0) is 12.3. The lowest BCUT2D eigenvalue weighted by Gasteiger charge is -2.34. The van der Waals surface area contributed by atoms with E-state index in [4.69, 9.17) is 0 Å². The number of hydrogen-bond donors (Lipinski definition) is 0. The fraction of sp³-hybridized carbons (Fsp3) is 0.867. The molecule has 96 valence electrons. The molecule has 2 nitrogen and oxygen atoms in total. The van der Waals surface area contributed by atoms with Crippen LogP contribution in [0.25, 0.3) is 0 Å². The SMILES string of the molecule is CC(C)C1(C)CCCCC2N=CC=NC2CC1. The van der Waals surface area contributed by atoms with E-state index in [0.717, 1.165) is 5.92 Å². The highest BCUT2D eigenvalue weighted by Gasteiger charge is 2.32. The molecule has 1 heterocycles. The number of rotatable bonds is 1. The van der Waals surface area contributed by atoms with E-state index in [0.29, 0.717) is 17.5 Å². The Balaban J connectivity index is 2.07. The minimum Gasteiger partial charge on any atom is -0.286 e. The maximum atomic E-state index is 4.65. The van der Waals surface area contributed by atoms with Gasteiger partial charge < -0.3 is 0 Å². The Hall–Kier alpha value is -0.660. The van der Waals surface area contributed by atoms with Crippen molar-refractivity contribution in [3.05, 3.63) is 0 Å². The molecule has 1 aliphatic carbocycles. The van der Waals surface area contributed by atoms with Gasteiger partial charge in [-0.1, -0.05) is 33.6 Å². The lowest BCUT2D eigenvalue weighted by Crippen LogP contribution is -2.29. The third-order valence-corrected chi connectivity index (χ3v) is 4.97. The molecule has 2 aliphatic rings. The van der Waals surface area contributed by atoms with E-state index in [1.807, 2.05) is 12.4 Å². The van der Waals surface area contributed by atoms with Crippen molar-refractivity contribution in [2.75, 3.05) is 0 Å². The molecular formula is C15H26N2. The quantitative estimate of drug-likeness (QED) is 0.657. The van der Waals surface area contributed by atoms with Crippen molar-refractivity contribution < 1.29 is 0 Å². The third kappa shape index (κ3) is 2.97. The maximum absolute atomic E-state index is 4.65. The molecule has 0 bridgehead atoms. The van der Waals surface area contributed by atoms with Gasteiger partial charge >= 0.3 is 0 Å². The Labute approximate surface area is 106 Å². The van der Waals surface area contributed by atoms with Crippen LogP contribution in [0.5, 0.6) is 0 Å². The Morgan fingerprint density at radius 2 is 1.65 bits per heavy atom. The molecule has 0 aromatic rings. The summed E-state index contributed by atoms with van der Waals surface area (Å²) >= 11 is 0. The molecule has 0 amide bonds. The Bertz CT molecular complexity index is 306. The number of nitrogens with zero attached hydrogens (tertiary/aromatic N) is 2. The van der Waals surface area contributed by atoms with Gasteiger partial charge in [-0.2, -0.15) is 0 Å². The summed E-state index contributed by atoms with van der Waals surface area (Å²) in [5, 5.41) is 0. The first-order valence-electron chi connectivity index (χ1n) is 7.17. The Kier molecular flexibility index (Phi) is 4.01. The van der Waals surface area contributed by atoms with Crippen LogP contribution < -0.4 is 0 Å². The molecule has 17 heavy (non-hydrogen) atoms. The standard InChI is InChI=1S/C15H26N2/c1-12(2)15(3)8-5-4-6-13-14(7-9-15)17-11-10-16-13/h10-14H,4-9H2,1-3H3. The molecule has 0 radical (unpaired) electrons. The lowest BCUT2D eigenvalue weighted by atomic mass is 9.72. The fourth-order valence-electron chi connectivity index (χ4n) is 3.09. The van der Waals surface area contributed by atoms with E-state index < -0.39 is 0 Å². The highest BCUT2D eigenvalue weighted by molar-refractivity contribution is 6.16. The van der Waals surface area contributed by atoms with E-state index >= 15 is 0 Å². The lowest BCUT2D eigenvalue weighted by molar-refractivity contribution is 0.170. The smallest absolute Gasteiger partial charge is 0.0723 e. The van der Waals surface area contributed by atoms with Crippen LogP contribution in [0, 0.1) is 11.3 Å². The average Bonchev–Trinajstić information content (AvgIpc) is 2.40. The van der Waals surface area contributed by atoms with E-state index in [-0.39, 0.29) is 0 Å². The molecule has 0 saturated heterocycles. The zero-order valence-electron chi connectivity index (χ0n) is 11.5. The van der Waals surface area contributed by atoms with Crippen molar-refractivity contribution in [2.24, 2.45) is 21.3 Å². The van der Waals surface area contributed by atoms with E-state index in [1.54, 1.807) is 0 Å². The van der Waals surface area contributed by atoms with Crippen molar-refractivity contribution in [3.8, 4) is 0 Å². The normalized spacial score (nSPS) is 38.4. The minimum absolute atomic E-state index is 0.455. The first-order chi connectivity index (χ1) is 8.12. The van der Waals surface area contributed by atoms with Crippen LogP contribution in [-0.4, -0.2) is 24.5 Å². The summed E-state index contributed by atoms with van der Waals surface area (Å²) in [5.41, 5.74) is 0.506. The molecule has 2 rings (SSSR count). The van der Waals surface area contributed by atoms with Crippen LogP contribution in [0.3, 0.4) is 0 Å². The summed E-state index contributed by atoms with van der Waals surface area (Å²) in [7, 11) is 0. The molecule has 1 fully saturated rings. The molecule has 0 aromatic carbocycles. The summed E-state index contributed by atoms with van der Waals surface area (Å²) in [6, 6.07) is 0.922. The highest BCUT2D eigenvalue weighted by atomic mass is 14.9. The zero-order valence-corrected chi connectivity index (χ0v) is 11.5. The molecule has 1 saturated carbocycles. The number of fused-ring (bicyclic) bond motifs is 1. The summed E-state index contributed by atoms with van der Waals surface area (Å²) in [4.78, 5) is 9.26. The van der Waals surface area contributed by atoms with Crippen LogP contribution in [0.2, 0.25) is 0 Å². The van der Waals surface area contributed by atoms with Gasteiger partial charge in [0.2, 0.25) is 0 Å².